The predicted octanol–water partition coefficient (Wildman–Crippen LogP) is 2.17. The summed E-state index contributed by atoms with van der Waals surface area (Å²) in [6.45, 7) is 0. The van der Waals surface area contributed by atoms with Crippen LogP contribution in [0.4, 0.5) is 0 Å². The van der Waals surface area contributed by atoms with Crippen molar-refractivity contribution in [2.75, 3.05) is 0 Å². The first-order valence-electron chi connectivity index (χ1n) is 4.07. The lowest BCUT2D eigenvalue weighted by Crippen LogP contribution is -2.05. The predicted molar refractivity (Wildman–Crippen MR) is 64.3 cm³/mol. The Kier molecular flexibility index (Phi) is 2.89. The molecule has 1 N–H and O–H groups in total. The van der Waals surface area contributed by atoms with Crippen LogP contribution in [0.3, 0.4) is 0 Å². The molecule has 2 heterocycles. The minimum Gasteiger partial charge on any atom is -0.380 e. The van der Waals surface area contributed by atoms with Crippen molar-refractivity contribution in [1.29, 1.82) is 0 Å². The lowest BCUT2D eigenvalue weighted by Gasteiger charge is -2.07. The number of rotatable bonds is 2. The summed E-state index contributed by atoms with van der Waals surface area (Å²) < 4.78 is 3.00. The third-order valence-electron chi connectivity index (χ3n) is 2.01. The largest absolute Gasteiger partial charge is 0.380 e. The number of aromatic nitrogens is 2. The van der Waals surface area contributed by atoms with Crippen molar-refractivity contribution in [3.05, 3.63) is 38.1 Å². The zero-order chi connectivity index (χ0) is 10.1. The SMILES string of the molecule is Cn1ccnc1C(O)c1csc(I)c1. The molecule has 0 amide bonds. The Hall–Kier alpha value is -0.400. The average Bonchev–Trinajstić information content (AvgIpc) is 2.73. The molecule has 2 aromatic rings. The van der Waals surface area contributed by atoms with E-state index in [2.05, 4.69) is 27.6 Å². The molecular weight excluding hydrogens is 311 g/mol. The summed E-state index contributed by atoms with van der Waals surface area (Å²) in [6.07, 6.45) is 2.90. The number of hydrogen-bond acceptors (Lipinski definition) is 3. The van der Waals surface area contributed by atoms with Gasteiger partial charge in [-0.2, -0.15) is 0 Å². The second kappa shape index (κ2) is 4.00. The van der Waals surface area contributed by atoms with E-state index in [1.165, 1.54) is 2.88 Å². The van der Waals surface area contributed by atoms with Gasteiger partial charge in [0.25, 0.3) is 0 Å². The summed E-state index contributed by atoms with van der Waals surface area (Å²) in [7, 11) is 1.88. The first-order chi connectivity index (χ1) is 6.68. The number of imidazole rings is 1. The molecule has 0 aliphatic carbocycles. The first-order valence-corrected chi connectivity index (χ1v) is 6.03. The highest BCUT2D eigenvalue weighted by Gasteiger charge is 2.15. The zero-order valence-corrected chi connectivity index (χ0v) is 10.5. The molecule has 0 saturated carbocycles. The molecule has 1 atom stereocenters. The summed E-state index contributed by atoms with van der Waals surface area (Å²) in [4.78, 5) is 4.12. The van der Waals surface area contributed by atoms with E-state index in [9.17, 15) is 5.11 Å². The minimum atomic E-state index is -0.616. The summed E-state index contributed by atoms with van der Waals surface area (Å²) in [6, 6.07) is 1.98. The molecule has 3 nitrogen and oxygen atoms in total. The van der Waals surface area contributed by atoms with E-state index in [1.807, 2.05) is 29.3 Å². The van der Waals surface area contributed by atoms with Crippen LogP contribution in [0.15, 0.2) is 23.8 Å². The van der Waals surface area contributed by atoms with Crippen LogP contribution >= 0.6 is 33.9 Å². The second-order valence-electron chi connectivity index (χ2n) is 2.98. The number of aliphatic hydroxyl groups excluding tert-OH is 1. The van der Waals surface area contributed by atoms with Crippen LogP contribution in [0.5, 0.6) is 0 Å². The fourth-order valence-electron chi connectivity index (χ4n) is 1.26. The van der Waals surface area contributed by atoms with Gasteiger partial charge in [-0.1, -0.05) is 0 Å². The Morgan fingerprint density at radius 3 is 2.93 bits per heavy atom. The summed E-state index contributed by atoms with van der Waals surface area (Å²) in [5.74, 6) is 0.680. The van der Waals surface area contributed by atoms with Crippen LogP contribution in [-0.4, -0.2) is 14.7 Å². The van der Waals surface area contributed by atoms with Crippen molar-refractivity contribution in [2.45, 2.75) is 6.10 Å². The molecule has 2 aromatic heterocycles. The van der Waals surface area contributed by atoms with Gasteiger partial charge in [0.1, 0.15) is 11.9 Å². The van der Waals surface area contributed by atoms with Gasteiger partial charge < -0.3 is 9.67 Å². The minimum absolute atomic E-state index is 0.616. The molecule has 0 aliphatic rings. The van der Waals surface area contributed by atoms with Crippen LogP contribution < -0.4 is 0 Å². The monoisotopic (exact) mass is 320 g/mol. The average molecular weight is 320 g/mol. The highest BCUT2D eigenvalue weighted by atomic mass is 127. The summed E-state index contributed by atoms with van der Waals surface area (Å²) in [5, 5.41) is 12.0. The lowest BCUT2D eigenvalue weighted by atomic mass is 10.2. The maximum absolute atomic E-state index is 9.99. The van der Waals surface area contributed by atoms with Crippen LogP contribution in [-0.2, 0) is 7.05 Å². The van der Waals surface area contributed by atoms with Crippen molar-refractivity contribution in [3.8, 4) is 0 Å². The van der Waals surface area contributed by atoms with Gasteiger partial charge in [-0.05, 0) is 39.6 Å². The van der Waals surface area contributed by atoms with Crippen LogP contribution in [0.25, 0.3) is 0 Å². The highest BCUT2D eigenvalue weighted by Crippen LogP contribution is 2.25. The van der Waals surface area contributed by atoms with Crippen LogP contribution in [0, 0.1) is 2.88 Å². The summed E-state index contributed by atoms with van der Waals surface area (Å²) in [5.41, 5.74) is 0.911. The molecule has 14 heavy (non-hydrogen) atoms. The van der Waals surface area contributed by atoms with Gasteiger partial charge in [0.2, 0.25) is 0 Å². The molecule has 5 heteroatoms. The van der Waals surface area contributed by atoms with Crippen molar-refractivity contribution in [1.82, 2.24) is 9.55 Å². The molecule has 2 rings (SSSR count). The Morgan fingerprint density at radius 2 is 2.43 bits per heavy atom. The van der Waals surface area contributed by atoms with Gasteiger partial charge in [0, 0.05) is 19.4 Å². The quantitative estimate of drug-likeness (QED) is 0.861. The van der Waals surface area contributed by atoms with Gasteiger partial charge >= 0.3 is 0 Å². The van der Waals surface area contributed by atoms with Gasteiger partial charge in [-0.15, -0.1) is 11.3 Å². The number of nitrogens with zero attached hydrogens (tertiary/aromatic N) is 2. The Balaban J connectivity index is 2.33. The van der Waals surface area contributed by atoms with Crippen LogP contribution in [0.2, 0.25) is 0 Å². The second-order valence-corrected chi connectivity index (χ2v) is 5.79. The zero-order valence-electron chi connectivity index (χ0n) is 7.51. The van der Waals surface area contributed by atoms with Gasteiger partial charge in [0.05, 0.1) is 2.88 Å². The van der Waals surface area contributed by atoms with E-state index < -0.39 is 6.10 Å². The van der Waals surface area contributed by atoms with Crippen molar-refractivity contribution in [3.63, 3.8) is 0 Å². The fourth-order valence-corrected chi connectivity index (χ4v) is 2.65. The van der Waals surface area contributed by atoms with E-state index in [0.717, 1.165) is 5.56 Å². The molecule has 0 radical (unpaired) electrons. The van der Waals surface area contributed by atoms with Crippen molar-refractivity contribution >= 4 is 33.9 Å². The third kappa shape index (κ3) is 1.84. The number of hydrogen-bond donors (Lipinski definition) is 1. The Bertz CT molecular complexity index is 437. The number of aryl methyl sites for hydroxylation is 1. The van der Waals surface area contributed by atoms with Crippen LogP contribution in [0.1, 0.15) is 17.5 Å². The van der Waals surface area contributed by atoms with Crippen molar-refractivity contribution < 1.29 is 5.11 Å². The van der Waals surface area contributed by atoms with Gasteiger partial charge in [0.15, 0.2) is 0 Å². The number of thiophene rings is 1. The molecule has 1 unspecified atom stereocenters. The molecule has 0 fully saturated rings. The van der Waals surface area contributed by atoms with Gasteiger partial charge in [-0.3, -0.25) is 0 Å². The van der Waals surface area contributed by atoms with E-state index in [0.29, 0.717) is 5.82 Å². The molecule has 0 aliphatic heterocycles. The maximum atomic E-state index is 9.99. The smallest absolute Gasteiger partial charge is 0.142 e. The van der Waals surface area contributed by atoms with E-state index in [4.69, 9.17) is 0 Å². The topological polar surface area (TPSA) is 38.0 Å². The molecular formula is C9H9IN2OS. The Labute approximate surface area is 99.6 Å². The molecule has 0 bridgehead atoms. The molecule has 0 spiro atoms. The fraction of sp³-hybridized carbons (Fsp3) is 0.222. The maximum Gasteiger partial charge on any atom is 0.142 e. The number of aliphatic hydroxyl groups is 1. The number of halogens is 1. The molecule has 0 saturated heterocycles. The first kappa shape index (κ1) is 10.1. The molecule has 74 valence electrons. The van der Waals surface area contributed by atoms with E-state index >= 15 is 0 Å². The Morgan fingerprint density at radius 1 is 1.64 bits per heavy atom. The molecule has 0 aromatic carbocycles. The highest BCUT2D eigenvalue weighted by molar-refractivity contribution is 14.1. The van der Waals surface area contributed by atoms with Crippen molar-refractivity contribution in [2.24, 2.45) is 7.05 Å². The van der Waals surface area contributed by atoms with Gasteiger partial charge in [-0.25, -0.2) is 4.98 Å². The normalized spacial score (nSPS) is 13.1. The lowest BCUT2D eigenvalue weighted by molar-refractivity contribution is 0.206. The van der Waals surface area contributed by atoms with E-state index in [-0.39, 0.29) is 0 Å². The third-order valence-corrected chi connectivity index (χ3v) is 3.81. The van der Waals surface area contributed by atoms with E-state index in [1.54, 1.807) is 17.5 Å². The summed E-state index contributed by atoms with van der Waals surface area (Å²) >= 11 is 3.87. The standard InChI is InChI=1S/C9H9IN2OS/c1-12-3-2-11-9(12)8(13)6-4-7(10)14-5-6/h2-5,8,13H,1H3.